The minimum absolute atomic E-state index is 0.511. The van der Waals surface area contributed by atoms with Crippen molar-refractivity contribution in [2.45, 2.75) is 10.8 Å². The molecule has 18 aromatic carbocycles. The van der Waals surface area contributed by atoms with E-state index in [1.165, 1.54) is 89.0 Å². The summed E-state index contributed by atoms with van der Waals surface area (Å²) in [6.45, 7) is 0. The fraction of sp³-hybridized carbons (Fsp3) is 0.0172. The van der Waals surface area contributed by atoms with Gasteiger partial charge in [-0.15, -0.1) is 0 Å². The lowest BCUT2D eigenvalue weighted by atomic mass is 9.66. The first-order valence-corrected chi connectivity index (χ1v) is 42.5. The molecule has 4 aliphatic carbocycles. The molecule has 0 saturated heterocycles. The number of rotatable bonds is 8. The summed E-state index contributed by atoms with van der Waals surface area (Å²) in [4.78, 5) is 32.6. The average Bonchev–Trinajstić information content (AvgIpc) is 1.52. The molecule has 9 nitrogen and oxygen atoms in total. The number of hydrogen-bond acceptors (Lipinski definition) is 9. The predicted octanol–water partition coefficient (Wildman–Crippen LogP) is 29.1. The summed E-state index contributed by atoms with van der Waals surface area (Å²) in [7, 11) is 0. The first-order valence-electron chi connectivity index (χ1n) is 42.5. The Labute approximate surface area is 717 Å². The summed E-state index contributed by atoms with van der Waals surface area (Å²) < 4.78 is 20.0. The Morgan fingerprint density at radius 3 is 0.704 bits per heavy atom. The third-order valence-corrected chi connectivity index (χ3v) is 26.9. The van der Waals surface area contributed by atoms with Crippen molar-refractivity contribution in [2.75, 3.05) is 0 Å². The molecule has 5 heterocycles. The number of furan rings is 3. The molecule has 0 amide bonds. The SMILES string of the molecule is c1cc(-c2ccc(-c3ccc4c(c3)oc3cc(-c5nc(-c6ccc7c(c6)-c6ccccc6-c6ccccc6C76c7ccccc7-c7ccccc76)nc(-c6ccc7c(c6)oc6ccccc67)n5)ccc34)cc2)cc(-c2nc(-c3ccc4c(c3)-c3ccccc3-c3ccccc3C43c4ccccc4-c4ccccc43)nc(-c3ccc4c(c3)oc3ccccc34)n2)c1. The molecule has 23 aromatic rings. The molecule has 0 radical (unpaired) electrons. The Morgan fingerprint density at radius 2 is 0.352 bits per heavy atom. The van der Waals surface area contributed by atoms with Gasteiger partial charge < -0.3 is 13.3 Å². The molecule has 0 aliphatic heterocycles. The van der Waals surface area contributed by atoms with E-state index < -0.39 is 10.8 Å². The molecule has 0 bridgehead atoms. The molecular formula is C116H66N6O3. The van der Waals surface area contributed by atoms with Gasteiger partial charge in [-0.2, -0.15) is 0 Å². The first kappa shape index (κ1) is 69.2. The molecule has 0 fully saturated rings. The van der Waals surface area contributed by atoms with Crippen molar-refractivity contribution in [1.29, 1.82) is 0 Å². The third-order valence-electron chi connectivity index (χ3n) is 26.9. The Bertz CT molecular complexity index is 8510. The Morgan fingerprint density at radius 1 is 0.136 bits per heavy atom. The summed E-state index contributed by atoms with van der Waals surface area (Å²) in [5.41, 5.74) is 36.7. The maximum Gasteiger partial charge on any atom is 0.164 e. The second-order valence-electron chi connectivity index (χ2n) is 33.3. The topological polar surface area (TPSA) is 117 Å². The van der Waals surface area contributed by atoms with Crippen LogP contribution in [-0.2, 0) is 10.8 Å². The number of benzene rings is 18. The van der Waals surface area contributed by atoms with Crippen molar-refractivity contribution in [3.8, 4) is 157 Å². The zero-order valence-electron chi connectivity index (χ0n) is 67.0. The maximum atomic E-state index is 6.96. The zero-order valence-corrected chi connectivity index (χ0v) is 67.0. The van der Waals surface area contributed by atoms with Gasteiger partial charge in [0.25, 0.3) is 0 Å². The van der Waals surface area contributed by atoms with Crippen molar-refractivity contribution < 1.29 is 13.3 Å². The molecule has 0 atom stereocenters. The van der Waals surface area contributed by atoms with Crippen LogP contribution in [0.1, 0.15) is 44.5 Å². The van der Waals surface area contributed by atoms with Crippen LogP contribution in [0.3, 0.4) is 0 Å². The second kappa shape index (κ2) is 26.4. The normalized spacial score (nSPS) is 13.2. The number of nitrogens with zero attached hydrogens (tertiary/aromatic N) is 6. The summed E-state index contributed by atoms with van der Waals surface area (Å²) in [6, 6.07) is 144. The summed E-state index contributed by atoms with van der Waals surface area (Å²) in [5.74, 6) is 3.21. The van der Waals surface area contributed by atoms with E-state index in [0.29, 0.717) is 34.9 Å². The molecule has 0 saturated carbocycles. The minimum atomic E-state index is -0.634. The third kappa shape index (κ3) is 10.1. The van der Waals surface area contributed by atoms with E-state index in [4.69, 9.17) is 43.2 Å². The highest BCUT2D eigenvalue weighted by Gasteiger charge is 2.52. The first-order chi connectivity index (χ1) is 61.9. The highest BCUT2D eigenvalue weighted by atomic mass is 16.3. The lowest BCUT2D eigenvalue weighted by molar-refractivity contribution is 0.668. The van der Waals surface area contributed by atoms with Crippen LogP contribution >= 0.6 is 0 Å². The van der Waals surface area contributed by atoms with E-state index >= 15 is 0 Å². The van der Waals surface area contributed by atoms with E-state index in [1.54, 1.807) is 0 Å². The van der Waals surface area contributed by atoms with Gasteiger partial charge in [0.05, 0.1) is 10.8 Å². The van der Waals surface area contributed by atoms with Gasteiger partial charge in [0.15, 0.2) is 34.9 Å². The lowest BCUT2D eigenvalue weighted by Crippen LogP contribution is -2.29. The summed E-state index contributed by atoms with van der Waals surface area (Å²) in [6.07, 6.45) is 0. The summed E-state index contributed by atoms with van der Waals surface area (Å²) >= 11 is 0. The van der Waals surface area contributed by atoms with Crippen LogP contribution in [0.4, 0.5) is 0 Å². The molecule has 9 heteroatoms. The van der Waals surface area contributed by atoms with Crippen LogP contribution in [0, 0.1) is 0 Å². The molecule has 2 spiro atoms. The molecule has 0 unspecified atom stereocenters. The van der Waals surface area contributed by atoms with E-state index in [1.807, 2.05) is 36.4 Å². The molecule has 578 valence electrons. The van der Waals surface area contributed by atoms with Crippen molar-refractivity contribution in [2.24, 2.45) is 0 Å². The lowest BCUT2D eigenvalue weighted by Gasteiger charge is -2.35. The predicted molar refractivity (Wildman–Crippen MR) is 502 cm³/mol. The van der Waals surface area contributed by atoms with Crippen molar-refractivity contribution in [3.05, 3.63) is 445 Å². The molecule has 0 N–H and O–H groups in total. The fourth-order valence-electron chi connectivity index (χ4n) is 21.4. The van der Waals surface area contributed by atoms with Gasteiger partial charge in [-0.05, 0) is 212 Å². The van der Waals surface area contributed by atoms with Crippen LogP contribution in [0.25, 0.3) is 223 Å². The number of fused-ring (bicyclic) bond motifs is 33. The molecule has 27 rings (SSSR count). The standard InChI is InChI=1S/C116H66N6O3/c1-3-26-79-77(24-1)81-28-5-13-36-95(81)115(97-38-15-7-30-83(97)84-31-8-16-39-98(84)115)101-58-52-72(61-93(79)101)110-117-109(118-112(119-110)74-49-55-89-87-34-11-19-42-103(87)123-106(89)64-74)71-23-21-22-69(60-71)67-44-46-68(47-45-67)70-48-54-91-92-57-51-76(66-108(92)125-105(91)63-70)114-121-111(120-113(122-114)75-50-56-90-88-35-12-20-43-104(88)124-107(90)65-75)73-53-59-102-94(62-73)80-27-4-2-25-78(80)82-29-6-14-37-96(82)116(102)99-40-17-9-32-85(99)86-33-10-18-41-100(86)116/h1-66H. The maximum absolute atomic E-state index is 6.96. The van der Waals surface area contributed by atoms with Crippen LogP contribution in [0.15, 0.2) is 414 Å². The van der Waals surface area contributed by atoms with E-state index in [0.717, 1.165) is 144 Å². The van der Waals surface area contributed by atoms with Crippen LogP contribution in [0.2, 0.25) is 0 Å². The highest BCUT2D eigenvalue weighted by Crippen LogP contribution is 2.64. The van der Waals surface area contributed by atoms with E-state index in [2.05, 4.69) is 364 Å². The van der Waals surface area contributed by atoms with Crippen LogP contribution in [-0.4, -0.2) is 29.9 Å². The fourth-order valence-corrected chi connectivity index (χ4v) is 21.4. The van der Waals surface area contributed by atoms with Crippen LogP contribution < -0.4 is 0 Å². The summed E-state index contributed by atoms with van der Waals surface area (Å²) in [5, 5.41) is 6.16. The molecule has 125 heavy (non-hydrogen) atoms. The van der Waals surface area contributed by atoms with Gasteiger partial charge in [-0.25, -0.2) is 29.9 Å². The number of para-hydroxylation sites is 2. The second-order valence-corrected chi connectivity index (χ2v) is 33.3. The molecule has 4 aliphatic rings. The quantitative estimate of drug-likeness (QED) is 0.147. The van der Waals surface area contributed by atoms with Gasteiger partial charge in [0, 0.05) is 65.7 Å². The van der Waals surface area contributed by atoms with Gasteiger partial charge in [0.2, 0.25) is 0 Å². The number of hydrogen-bond donors (Lipinski definition) is 0. The smallest absolute Gasteiger partial charge is 0.164 e. The van der Waals surface area contributed by atoms with Gasteiger partial charge in [0.1, 0.15) is 33.5 Å². The Kier molecular flexibility index (Phi) is 14.6. The van der Waals surface area contributed by atoms with E-state index in [-0.39, 0.29) is 0 Å². The van der Waals surface area contributed by atoms with Gasteiger partial charge in [-0.1, -0.05) is 322 Å². The largest absolute Gasteiger partial charge is 0.456 e. The van der Waals surface area contributed by atoms with Gasteiger partial charge in [-0.3, -0.25) is 0 Å². The van der Waals surface area contributed by atoms with Crippen molar-refractivity contribution in [1.82, 2.24) is 29.9 Å². The van der Waals surface area contributed by atoms with E-state index in [9.17, 15) is 0 Å². The Hall–Kier alpha value is -16.6. The highest BCUT2D eigenvalue weighted by molar-refractivity contribution is 6.10. The molecular weight excluding hydrogens is 1530 g/mol. The van der Waals surface area contributed by atoms with Crippen LogP contribution in [0.5, 0.6) is 0 Å². The number of aromatic nitrogens is 6. The Balaban J connectivity index is 0.549. The average molecular weight is 1590 g/mol. The van der Waals surface area contributed by atoms with Gasteiger partial charge >= 0.3 is 0 Å². The zero-order chi connectivity index (χ0) is 81.7. The van der Waals surface area contributed by atoms with Crippen molar-refractivity contribution >= 4 is 65.8 Å². The molecule has 5 aromatic heterocycles. The monoisotopic (exact) mass is 1590 g/mol. The van der Waals surface area contributed by atoms with Crippen molar-refractivity contribution in [3.63, 3.8) is 0 Å². The minimum Gasteiger partial charge on any atom is -0.456 e.